The average molecular weight is 578 g/mol. The zero-order valence-corrected chi connectivity index (χ0v) is 23.0. The first-order chi connectivity index (χ1) is 18.9. The molecule has 0 aromatic heterocycles. The van der Waals surface area contributed by atoms with Gasteiger partial charge in [-0.15, -0.1) is 0 Å². The molecule has 0 saturated carbocycles. The van der Waals surface area contributed by atoms with Gasteiger partial charge in [-0.3, -0.25) is 14.6 Å². The Labute approximate surface area is 241 Å². The summed E-state index contributed by atoms with van der Waals surface area (Å²) >= 11 is 18.9. The topological polar surface area (TPSA) is 49.9 Å². The molecule has 0 radical (unpaired) electrons. The van der Waals surface area contributed by atoms with Crippen LogP contribution >= 0.6 is 34.8 Å². The van der Waals surface area contributed by atoms with Crippen LogP contribution < -0.4 is 4.74 Å². The molecule has 4 aromatic carbocycles. The van der Waals surface area contributed by atoms with Gasteiger partial charge in [-0.05, 0) is 53.1 Å². The lowest BCUT2D eigenvalue weighted by molar-refractivity contribution is -0.123. The molecule has 4 aromatic rings. The Kier molecular flexibility index (Phi) is 8.22. The molecule has 0 unspecified atom stereocenters. The molecule has 0 N–H and O–H groups in total. The lowest BCUT2D eigenvalue weighted by atomic mass is 10.1. The fraction of sp³-hybridized carbons (Fsp3) is 0.0968. The molecule has 0 bridgehead atoms. The summed E-state index contributed by atoms with van der Waals surface area (Å²) in [4.78, 5) is 29.7. The fourth-order valence-electron chi connectivity index (χ4n) is 4.21. The quantitative estimate of drug-likeness (QED) is 0.157. The van der Waals surface area contributed by atoms with Crippen molar-refractivity contribution in [3.05, 3.63) is 140 Å². The van der Waals surface area contributed by atoms with Gasteiger partial charge < -0.3 is 4.74 Å². The Morgan fingerprint density at radius 3 is 1.64 bits per heavy atom. The molecule has 0 spiro atoms. The maximum atomic E-state index is 13.6. The maximum Gasteiger partial charge on any atom is 0.332 e. The molecular weight excluding hydrogens is 555 g/mol. The SMILES string of the molecule is O=C1/C(=C\c2ccc(OCc3ccccc3Cl)cc2)N(Cc2ccccc2Cl)C(=O)N1Cc1ccccc1Cl. The van der Waals surface area contributed by atoms with Gasteiger partial charge in [0.15, 0.2) is 0 Å². The van der Waals surface area contributed by atoms with E-state index in [1.165, 1.54) is 9.80 Å². The number of urea groups is 1. The molecule has 196 valence electrons. The summed E-state index contributed by atoms with van der Waals surface area (Å²) in [6, 6.07) is 28.7. The first-order valence-corrected chi connectivity index (χ1v) is 13.3. The lowest BCUT2D eigenvalue weighted by Crippen LogP contribution is -2.32. The number of hydrogen-bond acceptors (Lipinski definition) is 3. The van der Waals surface area contributed by atoms with Crippen molar-refractivity contribution in [2.75, 3.05) is 0 Å². The third-order valence-electron chi connectivity index (χ3n) is 6.33. The minimum absolute atomic E-state index is 0.0581. The van der Waals surface area contributed by atoms with E-state index in [1.807, 2.05) is 72.8 Å². The highest BCUT2D eigenvalue weighted by molar-refractivity contribution is 6.32. The highest BCUT2D eigenvalue weighted by Gasteiger charge is 2.41. The largest absolute Gasteiger partial charge is 0.489 e. The summed E-state index contributed by atoms with van der Waals surface area (Å²) < 4.78 is 5.87. The molecule has 1 saturated heterocycles. The minimum atomic E-state index is -0.439. The van der Waals surface area contributed by atoms with Gasteiger partial charge >= 0.3 is 6.03 Å². The van der Waals surface area contributed by atoms with Crippen molar-refractivity contribution in [3.63, 3.8) is 0 Å². The number of halogens is 3. The molecule has 5 rings (SSSR count). The van der Waals surface area contributed by atoms with Crippen molar-refractivity contribution >= 4 is 52.8 Å². The van der Waals surface area contributed by atoms with Crippen molar-refractivity contribution in [2.45, 2.75) is 19.7 Å². The number of amides is 3. The van der Waals surface area contributed by atoms with Crippen LogP contribution in [0.15, 0.2) is 103 Å². The summed E-state index contributed by atoms with van der Waals surface area (Å²) in [5.41, 5.74) is 3.28. The number of rotatable bonds is 8. The second kappa shape index (κ2) is 12.0. The van der Waals surface area contributed by atoms with Gasteiger partial charge in [0.05, 0.1) is 13.1 Å². The summed E-state index contributed by atoms with van der Waals surface area (Å²) in [6.07, 6.45) is 1.70. The fourth-order valence-corrected chi connectivity index (χ4v) is 4.79. The van der Waals surface area contributed by atoms with Crippen molar-refractivity contribution in [1.29, 1.82) is 0 Å². The van der Waals surface area contributed by atoms with Crippen LogP contribution in [0.3, 0.4) is 0 Å². The van der Waals surface area contributed by atoms with Crippen LogP contribution in [0.1, 0.15) is 22.3 Å². The van der Waals surface area contributed by atoms with Crippen molar-refractivity contribution in [1.82, 2.24) is 9.80 Å². The van der Waals surface area contributed by atoms with Gasteiger partial charge in [-0.1, -0.05) is 102 Å². The van der Waals surface area contributed by atoms with Crippen LogP contribution in [-0.4, -0.2) is 21.7 Å². The third-order valence-corrected chi connectivity index (χ3v) is 7.43. The Balaban J connectivity index is 1.41. The van der Waals surface area contributed by atoms with Gasteiger partial charge in [0.1, 0.15) is 18.1 Å². The zero-order chi connectivity index (χ0) is 27.4. The number of carbonyl (C=O) groups is 2. The molecule has 8 heteroatoms. The molecule has 0 atom stereocenters. The first kappa shape index (κ1) is 26.8. The molecule has 3 amide bonds. The zero-order valence-electron chi connectivity index (χ0n) is 20.7. The van der Waals surface area contributed by atoms with Crippen LogP contribution in [0.2, 0.25) is 15.1 Å². The van der Waals surface area contributed by atoms with Crippen molar-refractivity contribution in [3.8, 4) is 5.75 Å². The molecule has 5 nitrogen and oxygen atoms in total. The van der Waals surface area contributed by atoms with Gasteiger partial charge in [0.2, 0.25) is 0 Å². The summed E-state index contributed by atoms with van der Waals surface area (Å²) in [6.45, 7) is 0.534. The lowest BCUT2D eigenvalue weighted by Gasteiger charge is -2.18. The number of carbonyl (C=O) groups excluding carboxylic acids is 2. The van der Waals surface area contributed by atoms with E-state index in [2.05, 4.69) is 0 Å². The van der Waals surface area contributed by atoms with Crippen molar-refractivity contribution in [2.24, 2.45) is 0 Å². The molecule has 0 aliphatic carbocycles. The maximum absolute atomic E-state index is 13.6. The van der Waals surface area contributed by atoms with Crippen LogP contribution in [0.4, 0.5) is 4.79 Å². The minimum Gasteiger partial charge on any atom is -0.489 e. The van der Waals surface area contributed by atoms with Crippen LogP contribution in [0.5, 0.6) is 5.75 Å². The highest BCUT2D eigenvalue weighted by Crippen LogP contribution is 2.30. The second-order valence-corrected chi connectivity index (χ2v) is 10.1. The molecule has 1 aliphatic heterocycles. The smallest absolute Gasteiger partial charge is 0.332 e. The molecule has 1 fully saturated rings. The Morgan fingerprint density at radius 1 is 0.615 bits per heavy atom. The standard InChI is InChI=1S/C31H23Cl3N2O3/c32-26-10-4-1-7-22(26)18-35-29(30(37)36(31(35)38)19-23-8-2-5-11-27(23)33)17-21-13-15-25(16-14-21)39-20-24-9-3-6-12-28(24)34/h1-17H,18-20H2/b29-17+. The normalized spacial score (nSPS) is 14.4. The first-order valence-electron chi connectivity index (χ1n) is 12.2. The molecule has 1 heterocycles. The number of nitrogens with zero attached hydrogens (tertiary/aromatic N) is 2. The average Bonchev–Trinajstić information content (AvgIpc) is 3.15. The van der Waals surface area contributed by atoms with E-state index in [4.69, 9.17) is 39.5 Å². The van der Waals surface area contributed by atoms with E-state index >= 15 is 0 Å². The monoisotopic (exact) mass is 576 g/mol. The van der Waals surface area contributed by atoms with Gasteiger partial charge in [-0.25, -0.2) is 4.79 Å². The van der Waals surface area contributed by atoms with E-state index < -0.39 is 11.9 Å². The van der Waals surface area contributed by atoms with Crippen molar-refractivity contribution < 1.29 is 14.3 Å². The summed E-state index contributed by atoms with van der Waals surface area (Å²) in [5, 5.41) is 1.64. The summed E-state index contributed by atoms with van der Waals surface area (Å²) in [7, 11) is 0. The van der Waals surface area contributed by atoms with Crippen LogP contribution in [0.25, 0.3) is 6.08 Å². The summed E-state index contributed by atoms with van der Waals surface area (Å²) in [5.74, 6) is 0.241. The Bertz CT molecular complexity index is 1550. The highest BCUT2D eigenvalue weighted by atomic mass is 35.5. The Hall–Kier alpha value is -3.77. The van der Waals surface area contributed by atoms with E-state index in [-0.39, 0.29) is 18.8 Å². The van der Waals surface area contributed by atoms with Crippen LogP contribution in [0, 0.1) is 0 Å². The predicted molar refractivity (Wildman–Crippen MR) is 155 cm³/mol. The molecule has 1 aliphatic rings. The number of benzene rings is 4. The number of hydrogen-bond donors (Lipinski definition) is 0. The van der Waals surface area contributed by atoms with E-state index in [1.54, 1.807) is 30.3 Å². The predicted octanol–water partition coefficient (Wildman–Crippen LogP) is 8.23. The van der Waals surface area contributed by atoms with E-state index in [0.717, 1.165) is 16.7 Å². The van der Waals surface area contributed by atoms with E-state index in [9.17, 15) is 9.59 Å². The van der Waals surface area contributed by atoms with Gasteiger partial charge in [-0.2, -0.15) is 0 Å². The second-order valence-electron chi connectivity index (χ2n) is 8.92. The van der Waals surface area contributed by atoms with Crippen LogP contribution in [-0.2, 0) is 24.5 Å². The number of imide groups is 1. The number of ether oxygens (including phenoxy) is 1. The molecule has 39 heavy (non-hydrogen) atoms. The van der Waals surface area contributed by atoms with Gasteiger partial charge in [0.25, 0.3) is 5.91 Å². The third kappa shape index (κ3) is 6.12. The van der Waals surface area contributed by atoms with Gasteiger partial charge in [0, 0.05) is 20.6 Å². The van der Waals surface area contributed by atoms with E-state index in [0.29, 0.717) is 33.0 Å². The molecular formula is C31H23Cl3N2O3. The Morgan fingerprint density at radius 2 is 1.10 bits per heavy atom.